The molecule has 22 heavy (non-hydrogen) atoms. The van der Waals surface area contributed by atoms with Crippen LogP contribution >= 0.6 is 11.6 Å². The lowest BCUT2D eigenvalue weighted by Crippen LogP contribution is -2.88. The molecule has 0 spiro atoms. The normalized spacial score (nSPS) is 17.0. The lowest BCUT2D eigenvalue weighted by Gasteiger charge is -2.18. The third-order valence-corrected chi connectivity index (χ3v) is 4.06. The Morgan fingerprint density at radius 2 is 2.00 bits per heavy atom. The molecule has 0 saturated heterocycles. The van der Waals surface area contributed by atoms with Gasteiger partial charge in [0.25, 0.3) is 0 Å². The fourth-order valence-electron chi connectivity index (χ4n) is 2.81. The largest absolute Gasteiger partial charge is 0.368 e. The number of fused-ring (bicyclic) bond motifs is 3. The highest BCUT2D eigenvalue weighted by Gasteiger charge is 2.35. The van der Waals surface area contributed by atoms with E-state index in [2.05, 4.69) is 15.3 Å². The van der Waals surface area contributed by atoms with Crippen LogP contribution < -0.4 is 20.6 Å². The van der Waals surface area contributed by atoms with Crippen molar-refractivity contribution in [2.75, 3.05) is 5.32 Å². The van der Waals surface area contributed by atoms with Gasteiger partial charge < -0.3 is 0 Å². The first-order valence-corrected chi connectivity index (χ1v) is 7.15. The number of guanidine groups is 1. The molecule has 0 saturated carbocycles. The van der Waals surface area contributed by atoms with Crippen LogP contribution in [0.1, 0.15) is 11.7 Å². The summed E-state index contributed by atoms with van der Waals surface area (Å²) in [6.07, 6.45) is -0.541. The number of nitrogens with one attached hydrogen (secondary N) is 3. The predicted octanol–water partition coefficient (Wildman–Crippen LogP) is 0.616. The lowest BCUT2D eigenvalue weighted by molar-refractivity contribution is -0.840. The molecule has 1 atom stereocenters. The van der Waals surface area contributed by atoms with E-state index >= 15 is 0 Å². The molecule has 2 heterocycles. The van der Waals surface area contributed by atoms with Crippen LogP contribution in [0, 0.1) is 5.82 Å². The van der Waals surface area contributed by atoms with Crippen LogP contribution in [0.5, 0.6) is 0 Å². The topological polar surface area (TPSA) is 71.7 Å². The Labute approximate surface area is 130 Å². The van der Waals surface area contributed by atoms with Gasteiger partial charge in [-0.3, -0.25) is 5.73 Å². The predicted molar refractivity (Wildman–Crippen MR) is 81.8 cm³/mol. The number of H-pyrrole nitrogens is 1. The second-order valence-electron chi connectivity index (χ2n) is 5.08. The Morgan fingerprint density at radius 3 is 2.82 bits per heavy atom. The van der Waals surface area contributed by atoms with Crippen molar-refractivity contribution in [2.45, 2.75) is 6.17 Å². The van der Waals surface area contributed by atoms with E-state index in [4.69, 9.17) is 17.3 Å². The Balaban J connectivity index is 2.03. The maximum absolute atomic E-state index is 14.3. The molecule has 1 aromatic heterocycles. The minimum absolute atomic E-state index is 0.330. The van der Waals surface area contributed by atoms with E-state index in [0.717, 1.165) is 11.0 Å². The molecule has 3 aromatic rings. The summed E-state index contributed by atoms with van der Waals surface area (Å²) in [4.78, 5) is 6.28. The average molecular weight is 318 g/mol. The molecule has 0 radical (unpaired) electrons. The Morgan fingerprint density at radius 1 is 1.18 bits per heavy atom. The summed E-state index contributed by atoms with van der Waals surface area (Å²) in [6.45, 7) is 0. The van der Waals surface area contributed by atoms with Crippen molar-refractivity contribution in [3.05, 3.63) is 58.9 Å². The van der Waals surface area contributed by atoms with Crippen molar-refractivity contribution < 1.29 is 13.9 Å². The van der Waals surface area contributed by atoms with Crippen LogP contribution in [0.4, 0.5) is 10.3 Å². The second-order valence-corrected chi connectivity index (χ2v) is 5.49. The highest BCUT2D eigenvalue weighted by Crippen LogP contribution is 2.25. The average Bonchev–Trinajstić information content (AvgIpc) is 2.84. The number of rotatable bonds is 1. The molecule has 1 aliphatic heterocycles. The van der Waals surface area contributed by atoms with E-state index in [1.165, 1.54) is 6.07 Å². The van der Waals surface area contributed by atoms with Crippen LogP contribution in [0.15, 0.2) is 42.5 Å². The third kappa shape index (κ3) is 1.84. The van der Waals surface area contributed by atoms with Gasteiger partial charge in [0.2, 0.25) is 6.17 Å². The molecule has 110 valence electrons. The number of nitrogens with zero attached hydrogens (tertiary/aromatic N) is 1. The fraction of sp³-hybridized carbons (Fsp3) is 0.0667. The van der Waals surface area contributed by atoms with Gasteiger partial charge in [0.05, 0.1) is 10.6 Å². The summed E-state index contributed by atoms with van der Waals surface area (Å²) < 4.78 is 16.2. The zero-order valence-corrected chi connectivity index (χ0v) is 12.2. The van der Waals surface area contributed by atoms with Gasteiger partial charge in [-0.15, -0.1) is 0 Å². The Bertz CT molecular complexity index is 897. The number of imidazole rings is 1. The number of hydrogen-bond acceptors (Lipinski definition) is 2. The van der Waals surface area contributed by atoms with Gasteiger partial charge in [-0.05, 0) is 24.3 Å². The number of aromatic nitrogens is 2. The van der Waals surface area contributed by atoms with E-state index in [9.17, 15) is 4.39 Å². The SMILES string of the molecule is NC1=[NH+][C@H](c2c(F)cccc2Cl)[n+]2c([nH]c3ccccc32)N1. The van der Waals surface area contributed by atoms with Gasteiger partial charge in [0.15, 0.2) is 0 Å². The van der Waals surface area contributed by atoms with E-state index in [-0.39, 0.29) is 5.82 Å². The first kappa shape index (κ1) is 13.1. The van der Waals surface area contributed by atoms with Crippen molar-refractivity contribution in [3.8, 4) is 0 Å². The van der Waals surface area contributed by atoms with Gasteiger partial charge >= 0.3 is 11.9 Å². The molecule has 0 amide bonds. The monoisotopic (exact) mass is 317 g/mol. The van der Waals surface area contributed by atoms with Gasteiger partial charge in [0.1, 0.15) is 16.9 Å². The van der Waals surface area contributed by atoms with E-state index in [1.807, 2.05) is 28.8 Å². The molecule has 2 aromatic carbocycles. The number of para-hydroxylation sites is 2. The summed E-state index contributed by atoms with van der Waals surface area (Å²) >= 11 is 6.22. The molecule has 0 aliphatic carbocycles. The first-order chi connectivity index (χ1) is 10.6. The van der Waals surface area contributed by atoms with Crippen LogP contribution in [0.2, 0.25) is 5.02 Å². The molecule has 1 aliphatic rings. The van der Waals surface area contributed by atoms with Crippen LogP contribution in [-0.4, -0.2) is 10.9 Å². The van der Waals surface area contributed by atoms with Crippen molar-refractivity contribution in [3.63, 3.8) is 0 Å². The molecule has 5 N–H and O–H groups in total. The van der Waals surface area contributed by atoms with Crippen molar-refractivity contribution in [2.24, 2.45) is 5.73 Å². The number of aromatic amines is 1. The molecule has 7 heteroatoms. The Hall–Kier alpha value is -2.60. The van der Waals surface area contributed by atoms with Gasteiger partial charge in [-0.1, -0.05) is 29.8 Å². The summed E-state index contributed by atoms with van der Waals surface area (Å²) in [5.74, 6) is 0.612. The van der Waals surface area contributed by atoms with Crippen LogP contribution in [0.3, 0.4) is 0 Å². The van der Waals surface area contributed by atoms with Crippen molar-refractivity contribution in [1.29, 1.82) is 0 Å². The molecule has 0 bridgehead atoms. The summed E-state index contributed by atoms with van der Waals surface area (Å²) in [5.41, 5.74) is 8.07. The molecule has 5 nitrogen and oxygen atoms in total. The number of benzene rings is 2. The molecule has 0 unspecified atom stereocenters. The zero-order valence-electron chi connectivity index (χ0n) is 11.4. The smallest absolute Gasteiger partial charge is 0.290 e. The lowest BCUT2D eigenvalue weighted by atomic mass is 10.1. The van der Waals surface area contributed by atoms with Gasteiger partial charge in [-0.25, -0.2) is 14.4 Å². The van der Waals surface area contributed by atoms with Gasteiger partial charge in [-0.2, -0.15) is 9.88 Å². The number of anilines is 1. The maximum atomic E-state index is 14.3. The summed E-state index contributed by atoms with van der Waals surface area (Å²) in [6, 6.07) is 12.4. The first-order valence-electron chi connectivity index (χ1n) is 6.77. The fourth-order valence-corrected chi connectivity index (χ4v) is 3.07. The second kappa shape index (κ2) is 4.71. The van der Waals surface area contributed by atoms with Crippen LogP contribution in [-0.2, 0) is 0 Å². The third-order valence-electron chi connectivity index (χ3n) is 3.73. The zero-order chi connectivity index (χ0) is 15.3. The van der Waals surface area contributed by atoms with E-state index in [1.54, 1.807) is 12.1 Å². The Kier molecular flexibility index (Phi) is 2.80. The summed E-state index contributed by atoms with van der Waals surface area (Å²) in [7, 11) is 0. The van der Waals surface area contributed by atoms with Crippen molar-refractivity contribution >= 4 is 34.5 Å². The highest BCUT2D eigenvalue weighted by atomic mass is 35.5. The molecular weight excluding hydrogens is 305 g/mol. The van der Waals surface area contributed by atoms with Crippen LogP contribution in [0.25, 0.3) is 11.0 Å². The molecule has 4 rings (SSSR count). The van der Waals surface area contributed by atoms with Crippen molar-refractivity contribution in [1.82, 2.24) is 4.98 Å². The molecule has 0 fully saturated rings. The minimum atomic E-state index is -0.541. The summed E-state index contributed by atoms with van der Waals surface area (Å²) in [5, 5.41) is 3.36. The standard InChI is InChI=1S/C15H11ClFN5/c16-8-4-3-5-9(17)12(8)13-20-14(18)21-15-19-10-6-1-2-7-11(10)22(13)15/h1-7,13H,(H3,18,19,20,21)/p+2/t13-/m0/s1. The minimum Gasteiger partial charge on any atom is -0.290 e. The van der Waals surface area contributed by atoms with E-state index in [0.29, 0.717) is 22.5 Å². The maximum Gasteiger partial charge on any atom is 0.368 e. The number of nitrogens with two attached hydrogens (primary N) is 1. The highest BCUT2D eigenvalue weighted by molar-refractivity contribution is 6.31. The van der Waals surface area contributed by atoms with E-state index < -0.39 is 6.17 Å². The number of halogens is 2. The van der Waals surface area contributed by atoms with Gasteiger partial charge in [0, 0.05) is 0 Å². The quantitative estimate of drug-likeness (QED) is 0.497. The number of hydrogen-bond donors (Lipinski definition) is 4. The molecular formula is C15H13ClFN5+2.